The van der Waals surface area contributed by atoms with Crippen LogP contribution in [-0.4, -0.2) is 10.2 Å². The average molecular weight is 152 g/mol. The quantitative estimate of drug-likeness (QED) is 0.628. The van der Waals surface area contributed by atoms with Crippen LogP contribution in [0.4, 0.5) is 0 Å². The number of rotatable bonds is 3. The van der Waals surface area contributed by atoms with Crippen molar-refractivity contribution in [2.75, 3.05) is 0 Å². The molecule has 0 saturated carbocycles. The molecule has 3 heteroatoms. The van der Waals surface area contributed by atoms with E-state index in [1.165, 1.54) is 0 Å². The lowest BCUT2D eigenvalue weighted by atomic mass is 10.2. The summed E-state index contributed by atoms with van der Waals surface area (Å²) in [7, 11) is 0. The van der Waals surface area contributed by atoms with E-state index in [0.717, 1.165) is 18.5 Å². The van der Waals surface area contributed by atoms with E-state index in [4.69, 9.17) is 0 Å². The normalized spacial score (nSPS) is 11.0. The van der Waals surface area contributed by atoms with Crippen LogP contribution >= 0.6 is 0 Å². The fourth-order valence-corrected chi connectivity index (χ4v) is 0.912. The van der Waals surface area contributed by atoms with Crippen LogP contribution in [0.3, 0.4) is 0 Å². The highest BCUT2D eigenvalue weighted by atomic mass is 16.1. The zero-order valence-electron chi connectivity index (χ0n) is 6.55. The van der Waals surface area contributed by atoms with Crippen LogP contribution in [-0.2, 0) is 6.42 Å². The smallest absolute Gasteiger partial charge is 0.264 e. The van der Waals surface area contributed by atoms with E-state index >= 15 is 0 Å². The van der Waals surface area contributed by atoms with Gasteiger partial charge in [-0.15, -0.1) is 0 Å². The molecule has 0 aliphatic heterocycles. The number of aryl methyl sites for hydroxylation is 1. The van der Waals surface area contributed by atoms with Crippen molar-refractivity contribution in [3.8, 4) is 0 Å². The molecule has 0 aliphatic carbocycles. The van der Waals surface area contributed by atoms with Crippen LogP contribution in [0.15, 0.2) is 23.0 Å². The third kappa shape index (κ3) is 2.45. The number of H-pyrrole nitrogens is 2. The van der Waals surface area contributed by atoms with E-state index in [1.54, 1.807) is 6.07 Å². The molecule has 1 aromatic rings. The molecule has 1 heterocycles. The predicted octanol–water partition coefficient (Wildman–Crippen LogP) is 1.21. The fraction of sp³-hybridized carbons (Fsp3) is 0.375. The molecule has 0 amide bonds. The first-order valence-corrected chi connectivity index (χ1v) is 3.70. The summed E-state index contributed by atoms with van der Waals surface area (Å²) in [5, 5.41) is 5.28. The Labute approximate surface area is 65.1 Å². The van der Waals surface area contributed by atoms with Gasteiger partial charge in [-0.05, 0) is 19.8 Å². The molecule has 0 spiro atoms. The van der Waals surface area contributed by atoms with E-state index in [-0.39, 0.29) is 5.56 Å². The molecule has 0 bridgehead atoms. The highest BCUT2D eigenvalue weighted by Gasteiger charge is 1.92. The van der Waals surface area contributed by atoms with Gasteiger partial charge in [0.1, 0.15) is 0 Å². The van der Waals surface area contributed by atoms with Crippen molar-refractivity contribution in [3.63, 3.8) is 0 Å². The summed E-state index contributed by atoms with van der Waals surface area (Å²) in [4.78, 5) is 10.6. The van der Waals surface area contributed by atoms with Crippen molar-refractivity contribution in [2.45, 2.75) is 19.8 Å². The van der Waals surface area contributed by atoms with E-state index in [9.17, 15) is 4.79 Å². The van der Waals surface area contributed by atoms with Gasteiger partial charge in [0.05, 0.1) is 0 Å². The lowest BCUT2D eigenvalue weighted by molar-refractivity contribution is 0.910. The van der Waals surface area contributed by atoms with Crippen LogP contribution < -0.4 is 5.56 Å². The van der Waals surface area contributed by atoms with Crippen LogP contribution in [0.5, 0.6) is 0 Å². The van der Waals surface area contributed by atoms with Crippen molar-refractivity contribution in [3.05, 3.63) is 34.3 Å². The molecule has 0 atom stereocenters. The number of nitrogens with one attached hydrogen (secondary N) is 2. The van der Waals surface area contributed by atoms with Crippen LogP contribution in [0.25, 0.3) is 0 Å². The van der Waals surface area contributed by atoms with Crippen LogP contribution in [0, 0.1) is 0 Å². The molecular weight excluding hydrogens is 140 g/mol. The summed E-state index contributed by atoms with van der Waals surface area (Å²) in [6, 6.07) is 1.59. The minimum absolute atomic E-state index is 0.0551. The first kappa shape index (κ1) is 7.85. The third-order valence-corrected chi connectivity index (χ3v) is 1.47. The van der Waals surface area contributed by atoms with E-state index in [1.807, 2.05) is 13.0 Å². The molecule has 60 valence electrons. The van der Waals surface area contributed by atoms with E-state index < -0.39 is 0 Å². The Kier molecular flexibility index (Phi) is 2.72. The van der Waals surface area contributed by atoms with Gasteiger partial charge in [-0.1, -0.05) is 12.2 Å². The van der Waals surface area contributed by atoms with Gasteiger partial charge < -0.3 is 5.10 Å². The second-order valence-corrected chi connectivity index (χ2v) is 2.39. The van der Waals surface area contributed by atoms with Crippen molar-refractivity contribution >= 4 is 0 Å². The van der Waals surface area contributed by atoms with Gasteiger partial charge in [0.25, 0.3) is 5.56 Å². The van der Waals surface area contributed by atoms with Crippen molar-refractivity contribution in [1.29, 1.82) is 0 Å². The van der Waals surface area contributed by atoms with Crippen LogP contribution in [0.1, 0.15) is 19.0 Å². The summed E-state index contributed by atoms with van der Waals surface area (Å²) in [6.07, 6.45) is 5.95. The summed E-state index contributed by atoms with van der Waals surface area (Å²) in [6.45, 7) is 1.99. The maximum Gasteiger partial charge on any atom is 0.264 e. The molecule has 1 rings (SSSR count). The van der Waals surface area contributed by atoms with Gasteiger partial charge in [0.15, 0.2) is 0 Å². The SMILES string of the molecule is CC=CCCc1cc(=O)[nH][nH]1. The largest absolute Gasteiger partial charge is 0.302 e. The highest BCUT2D eigenvalue weighted by molar-refractivity contribution is 4.99. The zero-order valence-corrected chi connectivity index (χ0v) is 6.55. The molecular formula is C8H12N2O. The Balaban J connectivity index is 2.45. The van der Waals surface area contributed by atoms with Gasteiger partial charge in [-0.3, -0.25) is 9.89 Å². The summed E-state index contributed by atoms with van der Waals surface area (Å²) < 4.78 is 0. The lowest BCUT2D eigenvalue weighted by Crippen LogP contribution is -1.93. The van der Waals surface area contributed by atoms with E-state index in [0.29, 0.717) is 0 Å². The van der Waals surface area contributed by atoms with Gasteiger partial charge in [-0.25, -0.2) is 0 Å². The molecule has 0 fully saturated rings. The topological polar surface area (TPSA) is 48.6 Å². The van der Waals surface area contributed by atoms with Crippen molar-refractivity contribution in [1.82, 2.24) is 10.2 Å². The van der Waals surface area contributed by atoms with E-state index in [2.05, 4.69) is 16.3 Å². The van der Waals surface area contributed by atoms with Crippen molar-refractivity contribution < 1.29 is 0 Å². The summed E-state index contributed by atoms with van der Waals surface area (Å²) >= 11 is 0. The second kappa shape index (κ2) is 3.81. The Hall–Kier alpha value is -1.25. The van der Waals surface area contributed by atoms with Gasteiger partial charge in [0, 0.05) is 11.8 Å². The number of aromatic nitrogens is 2. The number of hydrogen-bond donors (Lipinski definition) is 2. The standard InChI is InChI=1S/C8H12N2O/c1-2-3-4-5-7-6-8(11)10-9-7/h2-3,6H,4-5H2,1H3,(H2,9,10,11). The molecule has 1 aromatic heterocycles. The molecule has 0 aliphatic rings. The first-order valence-electron chi connectivity index (χ1n) is 3.70. The highest BCUT2D eigenvalue weighted by Crippen LogP contribution is 1.94. The van der Waals surface area contributed by atoms with Crippen LogP contribution in [0.2, 0.25) is 0 Å². The third-order valence-electron chi connectivity index (χ3n) is 1.47. The Morgan fingerprint density at radius 1 is 1.55 bits per heavy atom. The number of allylic oxidation sites excluding steroid dienone is 2. The minimum atomic E-state index is -0.0551. The number of aromatic amines is 2. The van der Waals surface area contributed by atoms with Gasteiger partial charge in [-0.2, -0.15) is 0 Å². The average Bonchev–Trinajstić information content (AvgIpc) is 2.37. The lowest BCUT2D eigenvalue weighted by Gasteiger charge is -1.88. The first-order chi connectivity index (χ1) is 5.33. The molecule has 0 aromatic carbocycles. The Morgan fingerprint density at radius 2 is 2.36 bits per heavy atom. The number of hydrogen-bond acceptors (Lipinski definition) is 1. The molecule has 3 nitrogen and oxygen atoms in total. The predicted molar refractivity (Wildman–Crippen MR) is 44.5 cm³/mol. The molecule has 0 unspecified atom stereocenters. The fourth-order valence-electron chi connectivity index (χ4n) is 0.912. The molecule has 0 saturated heterocycles. The maximum absolute atomic E-state index is 10.6. The molecule has 2 N–H and O–H groups in total. The van der Waals surface area contributed by atoms with Gasteiger partial charge in [0.2, 0.25) is 0 Å². The second-order valence-electron chi connectivity index (χ2n) is 2.39. The van der Waals surface area contributed by atoms with Gasteiger partial charge >= 0.3 is 0 Å². The van der Waals surface area contributed by atoms with Crippen molar-refractivity contribution in [2.24, 2.45) is 0 Å². The Morgan fingerprint density at radius 3 is 2.91 bits per heavy atom. The minimum Gasteiger partial charge on any atom is -0.302 e. The Bertz CT molecular complexity index is 282. The molecule has 0 radical (unpaired) electrons. The molecule has 11 heavy (non-hydrogen) atoms. The monoisotopic (exact) mass is 152 g/mol. The zero-order chi connectivity index (χ0) is 8.10. The summed E-state index contributed by atoms with van der Waals surface area (Å²) in [5.74, 6) is 0. The maximum atomic E-state index is 10.6. The summed E-state index contributed by atoms with van der Waals surface area (Å²) in [5.41, 5.74) is 0.911.